The Kier molecular flexibility index (Phi) is 7.19. The summed E-state index contributed by atoms with van der Waals surface area (Å²) in [6.45, 7) is 0.864. The first-order chi connectivity index (χ1) is 16.8. The van der Waals surface area contributed by atoms with E-state index in [1.807, 2.05) is 18.2 Å². The zero-order valence-electron chi connectivity index (χ0n) is 19.3. The van der Waals surface area contributed by atoms with Crippen LogP contribution in [0.15, 0.2) is 66.7 Å². The number of allylic oxidation sites excluding steroid dienone is 2. The average molecular weight is 475 g/mol. The molecule has 3 atom stereocenters. The second kappa shape index (κ2) is 10.5. The van der Waals surface area contributed by atoms with E-state index in [9.17, 15) is 24.0 Å². The van der Waals surface area contributed by atoms with Crippen molar-refractivity contribution in [3.63, 3.8) is 0 Å². The minimum Gasteiger partial charge on any atom is -0.454 e. The third kappa shape index (κ3) is 5.37. The number of nitrogens with one attached hydrogen (secondary N) is 1. The Bertz CT molecular complexity index is 1150. The maximum atomic E-state index is 13.1. The van der Waals surface area contributed by atoms with Gasteiger partial charge in [0.15, 0.2) is 12.4 Å². The van der Waals surface area contributed by atoms with Crippen molar-refractivity contribution in [3.8, 4) is 0 Å². The van der Waals surface area contributed by atoms with Gasteiger partial charge in [0.1, 0.15) is 6.04 Å². The molecule has 180 valence electrons. The molecule has 1 N–H and O–H groups in total. The summed E-state index contributed by atoms with van der Waals surface area (Å²) in [6.07, 6.45) is 4.78. The zero-order chi connectivity index (χ0) is 24.9. The van der Waals surface area contributed by atoms with Crippen LogP contribution in [0.1, 0.15) is 35.7 Å². The normalized spacial score (nSPS) is 19.7. The Labute approximate surface area is 202 Å². The molecule has 3 amide bonds. The van der Waals surface area contributed by atoms with Gasteiger partial charge in [-0.1, -0.05) is 42.5 Å². The van der Waals surface area contributed by atoms with E-state index < -0.39 is 36.4 Å². The highest BCUT2D eigenvalue weighted by atomic mass is 16.5. The Morgan fingerprint density at radius 2 is 1.54 bits per heavy atom. The third-order valence-electron chi connectivity index (χ3n) is 6.32. The zero-order valence-corrected chi connectivity index (χ0v) is 19.3. The first-order valence-corrected chi connectivity index (χ1v) is 11.5. The molecule has 1 aliphatic carbocycles. The number of Topliss-reactive ketones (excluding diaryl/α,β-unsaturated/α-hetero) is 1. The van der Waals surface area contributed by atoms with Gasteiger partial charge in [-0.2, -0.15) is 0 Å². The van der Waals surface area contributed by atoms with Crippen molar-refractivity contribution in [2.24, 2.45) is 11.8 Å². The molecule has 0 saturated carbocycles. The van der Waals surface area contributed by atoms with Gasteiger partial charge in [-0.15, -0.1) is 0 Å². The maximum Gasteiger partial charge on any atom is 0.330 e. The van der Waals surface area contributed by atoms with Crippen molar-refractivity contribution in [3.05, 3.63) is 77.9 Å². The lowest BCUT2D eigenvalue weighted by molar-refractivity contribution is -0.159. The summed E-state index contributed by atoms with van der Waals surface area (Å²) in [6, 6.07) is 14.2. The molecular formula is C27H26N2O6. The van der Waals surface area contributed by atoms with E-state index in [2.05, 4.69) is 5.32 Å². The van der Waals surface area contributed by atoms with Crippen molar-refractivity contribution >= 4 is 35.2 Å². The van der Waals surface area contributed by atoms with Crippen LogP contribution in [0.4, 0.5) is 5.69 Å². The highest BCUT2D eigenvalue weighted by Gasteiger charge is 2.51. The smallest absolute Gasteiger partial charge is 0.330 e. The van der Waals surface area contributed by atoms with E-state index in [-0.39, 0.29) is 24.0 Å². The topological polar surface area (TPSA) is 110 Å². The van der Waals surface area contributed by atoms with Gasteiger partial charge >= 0.3 is 5.97 Å². The molecular weight excluding hydrogens is 448 g/mol. The summed E-state index contributed by atoms with van der Waals surface area (Å²) in [7, 11) is 0. The fourth-order valence-electron chi connectivity index (χ4n) is 4.47. The number of fused-ring (bicyclic) bond motifs is 1. The molecule has 1 fully saturated rings. The van der Waals surface area contributed by atoms with Crippen molar-refractivity contribution in [2.45, 2.75) is 32.2 Å². The first-order valence-electron chi connectivity index (χ1n) is 11.5. The number of likely N-dealkylation sites (tertiary alicyclic amines) is 1. The van der Waals surface area contributed by atoms with Crippen LogP contribution in [0.2, 0.25) is 0 Å². The summed E-state index contributed by atoms with van der Waals surface area (Å²) in [4.78, 5) is 64.1. The minimum atomic E-state index is -1.16. The van der Waals surface area contributed by atoms with E-state index in [0.717, 1.165) is 10.5 Å². The van der Waals surface area contributed by atoms with E-state index in [0.29, 0.717) is 24.1 Å². The molecule has 2 aromatic carbocycles. The molecule has 2 aromatic rings. The molecule has 8 heteroatoms. The van der Waals surface area contributed by atoms with Crippen LogP contribution in [0.5, 0.6) is 0 Å². The molecule has 4 rings (SSSR count). The number of hydrogen-bond acceptors (Lipinski definition) is 6. The number of nitrogens with zero attached hydrogens (tertiary/aromatic N) is 1. The lowest BCUT2D eigenvalue weighted by Gasteiger charge is -2.25. The monoisotopic (exact) mass is 474 g/mol. The quantitative estimate of drug-likeness (QED) is 0.273. The number of imide groups is 1. The number of rotatable bonds is 8. The number of carbonyl (C=O) groups is 5. The summed E-state index contributed by atoms with van der Waals surface area (Å²) < 4.78 is 5.27. The van der Waals surface area contributed by atoms with Gasteiger partial charge in [0.05, 0.1) is 11.8 Å². The third-order valence-corrected chi connectivity index (χ3v) is 6.32. The Morgan fingerprint density at radius 1 is 0.943 bits per heavy atom. The largest absolute Gasteiger partial charge is 0.454 e. The highest BCUT2D eigenvalue weighted by Crippen LogP contribution is 2.36. The number of esters is 1. The Hall–Kier alpha value is -4.07. The van der Waals surface area contributed by atoms with Crippen LogP contribution in [0.25, 0.3) is 0 Å². The standard InChI is InChI=1S/C27H26N2O6/c1-17(30)19-11-13-20(14-12-19)28-24(31)16-35-27(34)23(15-18-7-3-2-4-8-18)29-25(32)21-9-5-6-10-22(21)26(29)33/h2-8,11-14,21-23H,9-10,15-16H2,1H3,(H,28,31)/t21-,22+,23-/m0/s1. The van der Waals surface area contributed by atoms with E-state index in [1.54, 1.807) is 48.5 Å². The van der Waals surface area contributed by atoms with E-state index in [4.69, 9.17) is 4.74 Å². The predicted molar refractivity (Wildman–Crippen MR) is 127 cm³/mol. The maximum absolute atomic E-state index is 13.1. The molecule has 0 spiro atoms. The predicted octanol–water partition coefficient (Wildman–Crippen LogP) is 2.93. The molecule has 1 heterocycles. The van der Waals surface area contributed by atoms with Gasteiger partial charge < -0.3 is 10.1 Å². The van der Waals surface area contributed by atoms with Gasteiger partial charge in [-0.05, 0) is 49.6 Å². The average Bonchev–Trinajstić information content (AvgIpc) is 3.12. The summed E-state index contributed by atoms with van der Waals surface area (Å²) in [5.74, 6) is -3.19. The molecule has 0 radical (unpaired) electrons. The number of benzene rings is 2. The van der Waals surface area contributed by atoms with E-state index >= 15 is 0 Å². The molecule has 0 aromatic heterocycles. The molecule has 35 heavy (non-hydrogen) atoms. The second-order valence-corrected chi connectivity index (χ2v) is 8.70. The van der Waals surface area contributed by atoms with Crippen molar-refractivity contribution < 1.29 is 28.7 Å². The SMILES string of the molecule is CC(=O)c1ccc(NC(=O)COC(=O)[C@H](Cc2ccccc2)N2C(=O)[C@H]3CC=CC[C@H]3C2=O)cc1. The van der Waals surface area contributed by atoms with Crippen LogP contribution < -0.4 is 5.32 Å². The first kappa shape index (κ1) is 24.1. The molecule has 0 unspecified atom stereocenters. The fourth-order valence-corrected chi connectivity index (χ4v) is 4.47. The van der Waals surface area contributed by atoms with Crippen molar-refractivity contribution in [1.82, 2.24) is 4.90 Å². The number of ketones is 1. The molecule has 1 aliphatic heterocycles. The van der Waals surface area contributed by atoms with Gasteiger partial charge in [0, 0.05) is 17.7 Å². The Balaban J connectivity index is 1.45. The minimum absolute atomic E-state index is 0.0945. The Morgan fingerprint density at radius 3 is 2.11 bits per heavy atom. The number of ether oxygens (including phenoxy) is 1. The van der Waals surface area contributed by atoms with Crippen LogP contribution in [0, 0.1) is 11.8 Å². The summed E-state index contributed by atoms with van der Waals surface area (Å²) in [5.41, 5.74) is 1.71. The molecule has 8 nitrogen and oxygen atoms in total. The highest BCUT2D eigenvalue weighted by molar-refractivity contribution is 6.08. The number of hydrogen-bond donors (Lipinski definition) is 1. The molecule has 0 bridgehead atoms. The number of anilines is 1. The number of carbonyl (C=O) groups excluding carboxylic acids is 5. The van der Waals surface area contributed by atoms with Gasteiger partial charge in [0.2, 0.25) is 11.8 Å². The summed E-state index contributed by atoms with van der Waals surface area (Å²) in [5, 5.41) is 2.60. The van der Waals surface area contributed by atoms with Gasteiger partial charge in [-0.25, -0.2) is 4.79 Å². The summed E-state index contributed by atoms with van der Waals surface area (Å²) >= 11 is 0. The number of amides is 3. The van der Waals surface area contributed by atoms with Crippen molar-refractivity contribution in [1.29, 1.82) is 0 Å². The van der Waals surface area contributed by atoms with Gasteiger partial charge in [-0.3, -0.25) is 24.1 Å². The fraction of sp³-hybridized carbons (Fsp3) is 0.296. The second-order valence-electron chi connectivity index (χ2n) is 8.70. The van der Waals surface area contributed by atoms with E-state index in [1.165, 1.54) is 6.92 Å². The lowest BCUT2D eigenvalue weighted by atomic mass is 9.85. The van der Waals surface area contributed by atoms with Crippen LogP contribution in [0.3, 0.4) is 0 Å². The molecule has 2 aliphatic rings. The van der Waals surface area contributed by atoms with Crippen LogP contribution >= 0.6 is 0 Å². The van der Waals surface area contributed by atoms with Crippen LogP contribution in [-0.4, -0.2) is 47.0 Å². The van der Waals surface area contributed by atoms with Crippen LogP contribution in [-0.2, 0) is 30.3 Å². The van der Waals surface area contributed by atoms with Crippen molar-refractivity contribution in [2.75, 3.05) is 11.9 Å². The lowest BCUT2D eigenvalue weighted by Crippen LogP contribution is -2.48. The molecule has 1 saturated heterocycles. The van der Waals surface area contributed by atoms with Gasteiger partial charge in [0.25, 0.3) is 5.91 Å².